The van der Waals surface area contributed by atoms with E-state index in [1.165, 1.54) is 6.08 Å². The van der Waals surface area contributed by atoms with Crippen LogP contribution in [0.4, 0.5) is 0 Å². The Bertz CT molecular complexity index is 566. The van der Waals surface area contributed by atoms with Gasteiger partial charge in [-0.05, 0) is 17.6 Å². The molecule has 6 heteroatoms. The zero-order chi connectivity index (χ0) is 15.7. The van der Waals surface area contributed by atoms with Crippen molar-refractivity contribution < 1.29 is 13.2 Å². The van der Waals surface area contributed by atoms with E-state index in [-0.39, 0.29) is 18.9 Å². The van der Waals surface area contributed by atoms with Gasteiger partial charge in [0.1, 0.15) is 0 Å². The van der Waals surface area contributed by atoms with Crippen molar-refractivity contribution in [3.8, 4) is 0 Å². The Labute approximate surface area is 126 Å². The van der Waals surface area contributed by atoms with Gasteiger partial charge in [0, 0.05) is 24.9 Å². The molecule has 0 heterocycles. The first kappa shape index (κ1) is 17.4. The molecule has 1 aromatic rings. The molecular formula is C15H22N2O3S. The van der Waals surface area contributed by atoms with Crippen molar-refractivity contribution in [2.45, 2.75) is 20.3 Å². The number of carbonyl (C=O) groups is 1. The number of sulfonamides is 1. The second kappa shape index (κ2) is 8.59. The van der Waals surface area contributed by atoms with Gasteiger partial charge in [-0.1, -0.05) is 44.2 Å². The summed E-state index contributed by atoms with van der Waals surface area (Å²) in [5, 5.41) is 3.84. The van der Waals surface area contributed by atoms with Crippen molar-refractivity contribution in [3.63, 3.8) is 0 Å². The van der Waals surface area contributed by atoms with E-state index in [9.17, 15) is 13.2 Å². The van der Waals surface area contributed by atoms with Crippen LogP contribution in [0.5, 0.6) is 0 Å². The highest BCUT2D eigenvalue weighted by atomic mass is 32.2. The first-order valence-electron chi connectivity index (χ1n) is 6.88. The molecule has 0 atom stereocenters. The van der Waals surface area contributed by atoms with Gasteiger partial charge in [0.05, 0.1) is 0 Å². The van der Waals surface area contributed by atoms with Gasteiger partial charge in [0.25, 0.3) is 0 Å². The third-order valence-corrected chi connectivity index (χ3v) is 3.70. The number of carbonyl (C=O) groups excluding carboxylic acids is 1. The highest BCUT2D eigenvalue weighted by molar-refractivity contribution is 7.92. The molecule has 0 aliphatic carbocycles. The van der Waals surface area contributed by atoms with Gasteiger partial charge in [-0.15, -0.1) is 0 Å². The average molecular weight is 310 g/mol. The van der Waals surface area contributed by atoms with Crippen LogP contribution in [0.2, 0.25) is 0 Å². The summed E-state index contributed by atoms with van der Waals surface area (Å²) in [6.07, 6.45) is 1.65. The number of rotatable bonds is 8. The van der Waals surface area contributed by atoms with Gasteiger partial charge in [0.15, 0.2) is 0 Å². The minimum atomic E-state index is -3.52. The van der Waals surface area contributed by atoms with Gasteiger partial charge < -0.3 is 5.32 Å². The average Bonchev–Trinajstić information content (AvgIpc) is 2.44. The molecule has 0 saturated carbocycles. The van der Waals surface area contributed by atoms with Gasteiger partial charge in [-0.2, -0.15) is 0 Å². The maximum absolute atomic E-state index is 11.7. The van der Waals surface area contributed by atoms with Crippen molar-refractivity contribution in [1.29, 1.82) is 0 Å². The quantitative estimate of drug-likeness (QED) is 0.768. The Morgan fingerprint density at radius 3 is 2.52 bits per heavy atom. The molecule has 5 nitrogen and oxygen atoms in total. The predicted octanol–water partition coefficient (Wildman–Crippen LogP) is 1.74. The fourth-order valence-corrected chi connectivity index (χ4v) is 2.31. The zero-order valence-corrected chi connectivity index (χ0v) is 13.2. The summed E-state index contributed by atoms with van der Waals surface area (Å²) < 4.78 is 25.8. The molecule has 1 rings (SSSR count). The molecule has 2 N–H and O–H groups in total. The van der Waals surface area contributed by atoms with Crippen LogP contribution in [-0.4, -0.2) is 27.4 Å². The van der Waals surface area contributed by atoms with Crippen LogP contribution in [0.25, 0.3) is 6.08 Å². The van der Waals surface area contributed by atoms with Crippen molar-refractivity contribution in [3.05, 3.63) is 41.3 Å². The maximum atomic E-state index is 11.7. The van der Waals surface area contributed by atoms with Crippen molar-refractivity contribution in [2.24, 2.45) is 5.92 Å². The molecule has 1 amide bonds. The van der Waals surface area contributed by atoms with Gasteiger partial charge in [-0.25, -0.2) is 13.1 Å². The van der Waals surface area contributed by atoms with Crippen molar-refractivity contribution >= 4 is 22.0 Å². The number of amides is 1. The molecule has 0 aliphatic heterocycles. The first-order chi connectivity index (χ1) is 9.89. The Hall–Kier alpha value is -1.66. The Morgan fingerprint density at radius 1 is 1.24 bits per heavy atom. The van der Waals surface area contributed by atoms with E-state index in [1.807, 2.05) is 44.2 Å². The molecule has 21 heavy (non-hydrogen) atoms. The monoisotopic (exact) mass is 310 g/mol. The molecule has 0 fully saturated rings. The third-order valence-electron chi connectivity index (χ3n) is 2.60. The lowest BCUT2D eigenvalue weighted by Crippen LogP contribution is -2.31. The summed E-state index contributed by atoms with van der Waals surface area (Å²) in [7, 11) is -3.52. The standard InChI is InChI=1S/C15H22N2O3S/c1-13(2)12-16-15(18)8-10-17-21(19,20)11-9-14-6-4-3-5-7-14/h3-7,9,11,13,17H,8,10,12H2,1-2H3,(H,16,18)/b11-9+. The molecule has 0 unspecified atom stereocenters. The topological polar surface area (TPSA) is 75.3 Å². The number of hydrogen-bond donors (Lipinski definition) is 2. The highest BCUT2D eigenvalue weighted by Crippen LogP contribution is 2.02. The molecule has 0 spiro atoms. The third kappa shape index (κ3) is 8.27. The Kier molecular flexibility index (Phi) is 7.11. The van der Waals surface area contributed by atoms with Gasteiger partial charge >= 0.3 is 0 Å². The summed E-state index contributed by atoms with van der Waals surface area (Å²) in [6.45, 7) is 4.68. The second-order valence-electron chi connectivity index (χ2n) is 5.10. The van der Waals surface area contributed by atoms with Crippen LogP contribution < -0.4 is 10.0 Å². The summed E-state index contributed by atoms with van der Waals surface area (Å²) in [4.78, 5) is 11.4. The van der Waals surface area contributed by atoms with Gasteiger partial charge in [0.2, 0.25) is 15.9 Å². The summed E-state index contributed by atoms with van der Waals surface area (Å²) >= 11 is 0. The van der Waals surface area contributed by atoms with Crippen LogP contribution >= 0.6 is 0 Å². The summed E-state index contributed by atoms with van der Waals surface area (Å²) in [6, 6.07) is 9.15. The largest absolute Gasteiger partial charge is 0.356 e. The Morgan fingerprint density at radius 2 is 1.90 bits per heavy atom. The smallest absolute Gasteiger partial charge is 0.233 e. The number of benzene rings is 1. The van der Waals surface area contributed by atoms with Crippen LogP contribution in [0, 0.1) is 5.92 Å². The molecule has 116 valence electrons. The Balaban J connectivity index is 2.36. The molecule has 0 bridgehead atoms. The van der Waals surface area contributed by atoms with Crippen LogP contribution in [0.3, 0.4) is 0 Å². The lowest BCUT2D eigenvalue weighted by molar-refractivity contribution is -0.121. The molecule has 0 saturated heterocycles. The fourth-order valence-electron chi connectivity index (χ4n) is 1.49. The molecule has 0 aliphatic rings. The zero-order valence-electron chi connectivity index (χ0n) is 12.4. The molecule has 1 aromatic carbocycles. The summed E-state index contributed by atoms with van der Waals surface area (Å²) in [5.74, 6) is 0.220. The summed E-state index contributed by atoms with van der Waals surface area (Å²) in [5.41, 5.74) is 0.803. The lowest BCUT2D eigenvalue weighted by atomic mass is 10.2. The molecule has 0 radical (unpaired) electrons. The lowest BCUT2D eigenvalue weighted by Gasteiger charge is -2.07. The van der Waals surface area contributed by atoms with E-state index in [1.54, 1.807) is 0 Å². The fraction of sp³-hybridized carbons (Fsp3) is 0.400. The predicted molar refractivity (Wildman–Crippen MR) is 84.9 cm³/mol. The van der Waals surface area contributed by atoms with E-state index in [2.05, 4.69) is 10.0 Å². The van der Waals surface area contributed by atoms with Crippen LogP contribution in [0.1, 0.15) is 25.8 Å². The highest BCUT2D eigenvalue weighted by Gasteiger charge is 2.07. The second-order valence-corrected chi connectivity index (χ2v) is 6.75. The van der Waals surface area contributed by atoms with E-state index >= 15 is 0 Å². The minimum absolute atomic E-state index is 0.0887. The number of hydrogen-bond acceptors (Lipinski definition) is 3. The van der Waals surface area contributed by atoms with Crippen LogP contribution in [0.15, 0.2) is 35.7 Å². The van der Waals surface area contributed by atoms with E-state index in [0.717, 1.165) is 11.0 Å². The number of nitrogens with one attached hydrogen (secondary N) is 2. The van der Waals surface area contributed by atoms with Crippen molar-refractivity contribution in [1.82, 2.24) is 10.0 Å². The van der Waals surface area contributed by atoms with Crippen molar-refractivity contribution in [2.75, 3.05) is 13.1 Å². The van der Waals surface area contributed by atoms with E-state index in [0.29, 0.717) is 12.5 Å². The first-order valence-corrected chi connectivity index (χ1v) is 8.43. The SMILES string of the molecule is CC(C)CNC(=O)CCNS(=O)(=O)/C=C/c1ccccc1. The van der Waals surface area contributed by atoms with Gasteiger partial charge in [-0.3, -0.25) is 4.79 Å². The van der Waals surface area contributed by atoms with Crippen LogP contribution in [-0.2, 0) is 14.8 Å². The molecular weight excluding hydrogens is 288 g/mol. The van der Waals surface area contributed by atoms with E-state index < -0.39 is 10.0 Å². The maximum Gasteiger partial charge on any atom is 0.233 e. The molecule has 0 aromatic heterocycles. The van der Waals surface area contributed by atoms with E-state index in [4.69, 9.17) is 0 Å². The normalized spacial score (nSPS) is 12.0. The minimum Gasteiger partial charge on any atom is -0.356 e.